The van der Waals surface area contributed by atoms with Crippen LogP contribution in [0.15, 0.2) is 51.8 Å². The number of halogens is 1. The van der Waals surface area contributed by atoms with Crippen LogP contribution in [0.5, 0.6) is 11.5 Å². The third kappa shape index (κ3) is 4.75. The maximum Gasteiger partial charge on any atom is 0.242 e. The highest BCUT2D eigenvalue weighted by atomic mass is 79.9. The summed E-state index contributed by atoms with van der Waals surface area (Å²) in [6.45, 7) is 1.46. The number of rotatable bonds is 7. The van der Waals surface area contributed by atoms with Crippen molar-refractivity contribution >= 4 is 37.5 Å². The lowest BCUT2D eigenvalue weighted by Crippen LogP contribution is -2.41. The lowest BCUT2D eigenvalue weighted by molar-refractivity contribution is -0.117. The molecule has 2 rings (SSSR count). The molecule has 0 aromatic heterocycles. The molecule has 0 aliphatic heterocycles. The number of nitrogens with one attached hydrogen (secondary N) is 2. The number of anilines is 1. The summed E-state index contributed by atoms with van der Waals surface area (Å²) in [5.41, 5.74) is 0.551. The molecular formula is C17H19BrN2O5S. The minimum absolute atomic E-state index is 0.0318. The molecule has 0 aliphatic carbocycles. The highest BCUT2D eigenvalue weighted by molar-refractivity contribution is 9.10. The molecule has 2 N–H and O–H groups in total. The second-order valence-corrected chi connectivity index (χ2v) is 7.90. The second-order valence-electron chi connectivity index (χ2n) is 5.33. The van der Waals surface area contributed by atoms with Crippen molar-refractivity contribution in [2.75, 3.05) is 19.5 Å². The van der Waals surface area contributed by atoms with Gasteiger partial charge in [-0.05, 0) is 47.1 Å². The molecule has 7 nitrogen and oxygen atoms in total. The van der Waals surface area contributed by atoms with Gasteiger partial charge in [0.25, 0.3) is 0 Å². The van der Waals surface area contributed by atoms with E-state index in [-0.39, 0.29) is 10.6 Å². The molecule has 0 aliphatic rings. The summed E-state index contributed by atoms with van der Waals surface area (Å²) in [6.07, 6.45) is 0. The van der Waals surface area contributed by atoms with Crippen LogP contribution in [0.2, 0.25) is 0 Å². The average Bonchev–Trinajstić information content (AvgIpc) is 2.62. The fraction of sp³-hybridized carbons (Fsp3) is 0.235. The van der Waals surface area contributed by atoms with E-state index in [1.165, 1.54) is 39.3 Å². The molecule has 2 aromatic rings. The van der Waals surface area contributed by atoms with Crippen molar-refractivity contribution in [3.8, 4) is 11.5 Å². The Balaban J connectivity index is 2.15. The Morgan fingerprint density at radius 2 is 1.73 bits per heavy atom. The van der Waals surface area contributed by atoms with E-state index in [0.29, 0.717) is 15.9 Å². The molecule has 0 saturated heterocycles. The Bertz CT molecular complexity index is 902. The smallest absolute Gasteiger partial charge is 0.242 e. The van der Waals surface area contributed by atoms with Crippen LogP contribution in [-0.2, 0) is 14.8 Å². The summed E-state index contributed by atoms with van der Waals surface area (Å²) in [5.74, 6) is 0.202. The molecular weight excluding hydrogens is 424 g/mol. The maximum atomic E-state index is 12.5. The zero-order chi connectivity index (χ0) is 19.3. The lowest BCUT2D eigenvalue weighted by atomic mass is 10.3. The van der Waals surface area contributed by atoms with Gasteiger partial charge in [-0.2, -0.15) is 4.72 Å². The van der Waals surface area contributed by atoms with Crippen LogP contribution in [0.25, 0.3) is 0 Å². The number of hydrogen-bond acceptors (Lipinski definition) is 5. The number of ether oxygens (including phenoxy) is 2. The highest BCUT2D eigenvalue weighted by Gasteiger charge is 2.23. The largest absolute Gasteiger partial charge is 0.493 e. The third-order valence-electron chi connectivity index (χ3n) is 3.52. The zero-order valence-corrected chi connectivity index (χ0v) is 16.8. The van der Waals surface area contributed by atoms with Crippen molar-refractivity contribution in [3.05, 3.63) is 46.9 Å². The Labute approximate surface area is 160 Å². The molecule has 0 saturated carbocycles. The van der Waals surface area contributed by atoms with Crippen molar-refractivity contribution in [2.24, 2.45) is 0 Å². The highest BCUT2D eigenvalue weighted by Crippen LogP contribution is 2.29. The van der Waals surface area contributed by atoms with Crippen molar-refractivity contribution in [1.82, 2.24) is 4.72 Å². The van der Waals surface area contributed by atoms with E-state index in [1.807, 2.05) is 6.07 Å². The number of methoxy groups -OCH3 is 2. The van der Waals surface area contributed by atoms with Crippen LogP contribution in [0.4, 0.5) is 5.69 Å². The van der Waals surface area contributed by atoms with Crippen LogP contribution in [0.1, 0.15) is 6.92 Å². The first-order valence-electron chi connectivity index (χ1n) is 7.58. The van der Waals surface area contributed by atoms with E-state index in [0.717, 1.165) is 0 Å². The monoisotopic (exact) mass is 442 g/mol. The second kappa shape index (κ2) is 8.52. The summed E-state index contributed by atoms with van der Waals surface area (Å²) >= 11 is 3.32. The lowest BCUT2D eigenvalue weighted by Gasteiger charge is -2.16. The number of sulfonamides is 1. The van der Waals surface area contributed by atoms with E-state index in [4.69, 9.17) is 9.47 Å². The van der Waals surface area contributed by atoms with Gasteiger partial charge in [0.05, 0.1) is 30.8 Å². The van der Waals surface area contributed by atoms with Crippen LogP contribution in [0.3, 0.4) is 0 Å². The first kappa shape index (κ1) is 20.2. The van der Waals surface area contributed by atoms with Crippen molar-refractivity contribution in [3.63, 3.8) is 0 Å². The zero-order valence-electron chi connectivity index (χ0n) is 14.4. The van der Waals surface area contributed by atoms with Crippen molar-refractivity contribution < 1.29 is 22.7 Å². The molecule has 1 atom stereocenters. The molecule has 140 valence electrons. The number of para-hydroxylation sites is 1. The van der Waals surface area contributed by atoms with Gasteiger partial charge in [-0.15, -0.1) is 0 Å². The number of carbonyl (C=O) groups is 1. The van der Waals surface area contributed by atoms with Gasteiger partial charge in [0.15, 0.2) is 11.5 Å². The van der Waals surface area contributed by atoms with Crippen LogP contribution in [0, 0.1) is 0 Å². The minimum Gasteiger partial charge on any atom is -0.493 e. The minimum atomic E-state index is -3.92. The quantitative estimate of drug-likeness (QED) is 0.687. The first-order valence-corrected chi connectivity index (χ1v) is 9.86. The van der Waals surface area contributed by atoms with Gasteiger partial charge in [-0.25, -0.2) is 8.42 Å². The Morgan fingerprint density at radius 1 is 1.08 bits per heavy atom. The molecule has 0 heterocycles. The molecule has 0 fully saturated rings. The summed E-state index contributed by atoms with van der Waals surface area (Å²) in [6, 6.07) is 10.3. The average molecular weight is 443 g/mol. The van der Waals surface area contributed by atoms with Crippen molar-refractivity contribution in [2.45, 2.75) is 17.9 Å². The molecule has 0 radical (unpaired) electrons. The molecule has 9 heteroatoms. The molecule has 0 bridgehead atoms. The Kier molecular flexibility index (Phi) is 6.63. The predicted molar refractivity (Wildman–Crippen MR) is 102 cm³/mol. The topological polar surface area (TPSA) is 93.7 Å². The van der Waals surface area contributed by atoms with E-state index in [2.05, 4.69) is 26.0 Å². The van der Waals surface area contributed by atoms with Crippen LogP contribution in [-0.4, -0.2) is 34.6 Å². The Morgan fingerprint density at radius 3 is 2.35 bits per heavy atom. The van der Waals surface area contributed by atoms with E-state index in [1.54, 1.807) is 18.2 Å². The number of benzene rings is 2. The first-order chi connectivity index (χ1) is 12.3. The van der Waals surface area contributed by atoms with Gasteiger partial charge >= 0.3 is 0 Å². The molecule has 0 unspecified atom stereocenters. The fourth-order valence-electron chi connectivity index (χ4n) is 2.14. The van der Waals surface area contributed by atoms with Gasteiger partial charge in [0.2, 0.25) is 15.9 Å². The van der Waals surface area contributed by atoms with Crippen LogP contribution >= 0.6 is 15.9 Å². The van der Waals surface area contributed by atoms with Gasteiger partial charge in [0.1, 0.15) is 0 Å². The SMILES string of the molecule is COc1ccc(S(=O)(=O)N[C@@H](C)C(=O)Nc2ccccc2Br)cc1OC. The van der Waals surface area contributed by atoms with Gasteiger partial charge < -0.3 is 14.8 Å². The third-order valence-corrected chi connectivity index (χ3v) is 5.75. The number of amides is 1. The molecule has 26 heavy (non-hydrogen) atoms. The fourth-order valence-corrected chi connectivity index (χ4v) is 3.74. The normalized spacial score (nSPS) is 12.3. The number of hydrogen-bond donors (Lipinski definition) is 2. The van der Waals surface area contributed by atoms with Gasteiger partial charge in [0, 0.05) is 10.5 Å². The molecule has 1 amide bonds. The molecule has 0 spiro atoms. The number of carbonyl (C=O) groups excluding carboxylic acids is 1. The van der Waals surface area contributed by atoms with Gasteiger partial charge in [-0.1, -0.05) is 12.1 Å². The van der Waals surface area contributed by atoms with Crippen molar-refractivity contribution in [1.29, 1.82) is 0 Å². The summed E-state index contributed by atoms with van der Waals surface area (Å²) < 4.78 is 38.3. The van der Waals surface area contributed by atoms with Gasteiger partial charge in [-0.3, -0.25) is 4.79 Å². The summed E-state index contributed by atoms with van der Waals surface area (Å²) in [7, 11) is -1.05. The molecule has 2 aromatic carbocycles. The Hall–Kier alpha value is -2.10. The van der Waals surface area contributed by atoms with E-state index in [9.17, 15) is 13.2 Å². The standard InChI is InChI=1S/C17H19BrN2O5S/c1-11(17(21)19-14-7-5-4-6-13(14)18)20-26(22,23)12-8-9-15(24-2)16(10-12)25-3/h4-11,20H,1-3H3,(H,19,21)/t11-/m0/s1. The van der Waals surface area contributed by atoms with E-state index < -0.39 is 22.0 Å². The summed E-state index contributed by atoms with van der Waals surface area (Å²) in [4.78, 5) is 12.3. The van der Waals surface area contributed by atoms with Crippen LogP contribution < -0.4 is 19.5 Å². The van der Waals surface area contributed by atoms with E-state index >= 15 is 0 Å². The summed E-state index contributed by atoms with van der Waals surface area (Å²) in [5, 5.41) is 2.67. The maximum absolute atomic E-state index is 12.5. The predicted octanol–water partition coefficient (Wildman–Crippen LogP) is 2.77.